The summed E-state index contributed by atoms with van der Waals surface area (Å²) in [6, 6.07) is 14.3. The van der Waals surface area contributed by atoms with Crippen LogP contribution >= 0.6 is 0 Å². The van der Waals surface area contributed by atoms with E-state index in [1.165, 1.54) is 33.4 Å². The Morgan fingerprint density at radius 3 is 1.12 bits per heavy atom. The van der Waals surface area contributed by atoms with Crippen LogP contribution in [0.4, 0.5) is 0 Å². The van der Waals surface area contributed by atoms with Crippen LogP contribution in [0.25, 0.3) is 11.1 Å². The Balaban J connectivity index is 2.67. The normalized spacial score (nSPS) is 12.5. The lowest BCUT2D eigenvalue weighted by Crippen LogP contribution is -2.13. The van der Waals surface area contributed by atoms with Gasteiger partial charge in [-0.15, -0.1) is 0 Å². The molecule has 0 N–H and O–H groups in total. The largest absolute Gasteiger partial charge is 0.0613 e. The first-order valence-electron chi connectivity index (χ1n) is 9.34. The predicted molar refractivity (Wildman–Crippen MR) is 108 cm³/mol. The van der Waals surface area contributed by atoms with Gasteiger partial charge in [0.1, 0.15) is 0 Å². The van der Waals surface area contributed by atoms with Gasteiger partial charge in [-0.25, -0.2) is 0 Å². The summed E-state index contributed by atoms with van der Waals surface area (Å²) in [6.45, 7) is 18.3. The van der Waals surface area contributed by atoms with Gasteiger partial charge in [0.05, 0.1) is 0 Å². The molecule has 0 fully saturated rings. The third-order valence-electron chi connectivity index (χ3n) is 4.87. The van der Waals surface area contributed by atoms with E-state index in [4.69, 9.17) is 0 Å². The maximum Gasteiger partial charge on any atom is -0.0132 e. The first kappa shape index (κ1) is 18.8. The molecule has 130 valence electrons. The molecule has 0 aliphatic carbocycles. The molecule has 0 bridgehead atoms. The van der Waals surface area contributed by atoms with Crippen molar-refractivity contribution in [1.82, 2.24) is 0 Å². The number of aryl methyl sites for hydroxylation is 2. The van der Waals surface area contributed by atoms with Gasteiger partial charge in [0.25, 0.3) is 0 Å². The Morgan fingerprint density at radius 2 is 0.875 bits per heavy atom. The molecule has 0 aromatic heterocycles. The average molecular weight is 323 g/mol. The van der Waals surface area contributed by atoms with Crippen molar-refractivity contribution < 1.29 is 0 Å². The lowest BCUT2D eigenvalue weighted by Gasteiger charge is -2.23. The minimum atomic E-state index is 0.176. The number of hydrogen-bond donors (Lipinski definition) is 0. The second-order valence-electron chi connectivity index (χ2n) is 9.04. The SMILES string of the molecule is CCc1cc(-c2cc(CC)cc(C(C)(C)C)c2)cc(C(C)(C)C)c1. The molecule has 24 heavy (non-hydrogen) atoms. The van der Waals surface area contributed by atoms with E-state index in [9.17, 15) is 0 Å². The quantitative estimate of drug-likeness (QED) is 0.566. The minimum Gasteiger partial charge on any atom is -0.0613 e. The molecule has 0 spiro atoms. The molecule has 2 aromatic rings. The molecule has 2 rings (SSSR count). The summed E-state index contributed by atoms with van der Waals surface area (Å²) >= 11 is 0. The molecular weight excluding hydrogens is 288 g/mol. The van der Waals surface area contributed by atoms with Crippen LogP contribution in [0.3, 0.4) is 0 Å². The third-order valence-corrected chi connectivity index (χ3v) is 4.87. The van der Waals surface area contributed by atoms with E-state index in [1.807, 2.05) is 0 Å². The molecule has 0 radical (unpaired) electrons. The Kier molecular flexibility index (Phi) is 5.28. The van der Waals surface area contributed by atoms with Crippen LogP contribution in [-0.4, -0.2) is 0 Å². The molecule has 0 aliphatic heterocycles. The Morgan fingerprint density at radius 1 is 0.542 bits per heavy atom. The monoisotopic (exact) mass is 322 g/mol. The van der Waals surface area contributed by atoms with Crippen LogP contribution in [0.5, 0.6) is 0 Å². The predicted octanol–water partition coefficient (Wildman–Crippen LogP) is 7.07. The first-order valence-corrected chi connectivity index (χ1v) is 9.34. The molecule has 0 heteroatoms. The van der Waals surface area contributed by atoms with Gasteiger partial charge in [0.2, 0.25) is 0 Å². The van der Waals surface area contributed by atoms with Gasteiger partial charge in [0, 0.05) is 0 Å². The third kappa shape index (κ3) is 4.29. The van der Waals surface area contributed by atoms with Crippen LogP contribution in [0.1, 0.15) is 77.6 Å². The van der Waals surface area contributed by atoms with Crippen LogP contribution < -0.4 is 0 Å². The van der Waals surface area contributed by atoms with Gasteiger partial charge in [0.15, 0.2) is 0 Å². The highest BCUT2D eigenvalue weighted by Gasteiger charge is 2.18. The lowest BCUT2D eigenvalue weighted by molar-refractivity contribution is 0.588. The Hall–Kier alpha value is -1.56. The Labute approximate surface area is 149 Å². The highest BCUT2D eigenvalue weighted by Crippen LogP contribution is 2.33. The van der Waals surface area contributed by atoms with Gasteiger partial charge in [-0.05, 0) is 57.1 Å². The topological polar surface area (TPSA) is 0 Å². The maximum atomic E-state index is 2.39. The van der Waals surface area contributed by atoms with E-state index in [0.717, 1.165) is 12.8 Å². The Bertz CT molecular complexity index is 642. The van der Waals surface area contributed by atoms with Gasteiger partial charge in [-0.2, -0.15) is 0 Å². The molecule has 0 amide bonds. The summed E-state index contributed by atoms with van der Waals surface area (Å²) in [7, 11) is 0. The lowest BCUT2D eigenvalue weighted by atomic mass is 9.81. The summed E-state index contributed by atoms with van der Waals surface area (Å²) < 4.78 is 0. The summed E-state index contributed by atoms with van der Waals surface area (Å²) in [6.07, 6.45) is 2.16. The zero-order chi connectivity index (χ0) is 18.1. The molecule has 0 heterocycles. The smallest absolute Gasteiger partial charge is 0.0132 e. The molecule has 0 saturated carbocycles. The highest BCUT2D eigenvalue weighted by molar-refractivity contribution is 5.68. The minimum absolute atomic E-state index is 0.176. The second kappa shape index (κ2) is 6.75. The molecule has 0 unspecified atom stereocenters. The van der Waals surface area contributed by atoms with Crippen molar-refractivity contribution in [3.8, 4) is 11.1 Å². The van der Waals surface area contributed by atoms with Gasteiger partial charge >= 0.3 is 0 Å². The molecule has 2 aromatic carbocycles. The van der Waals surface area contributed by atoms with Gasteiger partial charge < -0.3 is 0 Å². The molecule has 0 atom stereocenters. The van der Waals surface area contributed by atoms with Crippen molar-refractivity contribution in [2.24, 2.45) is 0 Å². The van der Waals surface area contributed by atoms with Crippen molar-refractivity contribution >= 4 is 0 Å². The van der Waals surface area contributed by atoms with Crippen molar-refractivity contribution in [3.63, 3.8) is 0 Å². The van der Waals surface area contributed by atoms with Crippen molar-refractivity contribution in [2.45, 2.75) is 79.1 Å². The number of hydrogen-bond acceptors (Lipinski definition) is 0. The zero-order valence-electron chi connectivity index (χ0n) is 16.9. The summed E-state index contributed by atoms with van der Waals surface area (Å²) in [5, 5.41) is 0. The van der Waals surface area contributed by atoms with Crippen molar-refractivity contribution in [2.75, 3.05) is 0 Å². The highest BCUT2D eigenvalue weighted by atomic mass is 14.2. The van der Waals surface area contributed by atoms with Crippen LogP contribution in [0.2, 0.25) is 0 Å². The van der Waals surface area contributed by atoms with Gasteiger partial charge in [-0.3, -0.25) is 0 Å². The maximum absolute atomic E-state index is 2.39. The van der Waals surface area contributed by atoms with E-state index in [-0.39, 0.29) is 10.8 Å². The van der Waals surface area contributed by atoms with E-state index in [0.29, 0.717) is 0 Å². The van der Waals surface area contributed by atoms with Crippen LogP contribution in [-0.2, 0) is 23.7 Å². The second-order valence-corrected chi connectivity index (χ2v) is 9.04. The summed E-state index contributed by atoms with van der Waals surface area (Å²) in [4.78, 5) is 0. The van der Waals surface area contributed by atoms with Crippen LogP contribution in [0.15, 0.2) is 36.4 Å². The van der Waals surface area contributed by atoms with Crippen molar-refractivity contribution in [1.29, 1.82) is 0 Å². The van der Waals surface area contributed by atoms with E-state index < -0.39 is 0 Å². The first-order chi connectivity index (χ1) is 11.0. The molecule has 0 nitrogen and oxygen atoms in total. The molecule has 0 saturated heterocycles. The standard InChI is InChI=1S/C24H34/c1-9-17-11-19(15-21(13-17)23(3,4)5)20-12-18(10-2)14-22(16-20)24(6,7)8/h11-16H,9-10H2,1-8H3. The fourth-order valence-electron chi connectivity index (χ4n) is 2.99. The fraction of sp³-hybridized carbons (Fsp3) is 0.500. The summed E-state index contributed by atoms with van der Waals surface area (Å²) in [5.41, 5.74) is 8.78. The zero-order valence-corrected chi connectivity index (χ0v) is 16.9. The molecular formula is C24H34. The van der Waals surface area contributed by atoms with E-state index in [2.05, 4.69) is 91.8 Å². The van der Waals surface area contributed by atoms with E-state index >= 15 is 0 Å². The van der Waals surface area contributed by atoms with Gasteiger partial charge in [-0.1, -0.05) is 91.8 Å². The van der Waals surface area contributed by atoms with Crippen LogP contribution in [0, 0.1) is 0 Å². The fourth-order valence-corrected chi connectivity index (χ4v) is 2.99. The average Bonchev–Trinajstić information content (AvgIpc) is 2.52. The van der Waals surface area contributed by atoms with Crippen molar-refractivity contribution in [3.05, 3.63) is 58.7 Å². The van der Waals surface area contributed by atoms with E-state index in [1.54, 1.807) is 0 Å². The molecule has 0 aliphatic rings. The number of benzene rings is 2. The summed E-state index contributed by atoms with van der Waals surface area (Å²) in [5.74, 6) is 0. The number of rotatable bonds is 3.